The molecule has 0 radical (unpaired) electrons. The average molecular weight is 478 g/mol. The van der Waals surface area contributed by atoms with Crippen LogP contribution in [0.1, 0.15) is 25.7 Å². The fourth-order valence-electron chi connectivity index (χ4n) is 2.26. The van der Waals surface area contributed by atoms with Crippen LogP contribution in [0.5, 0.6) is 0 Å². The number of aliphatic carboxylic acids is 2. The lowest BCUT2D eigenvalue weighted by Gasteiger charge is -2.24. The van der Waals surface area contributed by atoms with Crippen molar-refractivity contribution >= 4 is 54.1 Å². The summed E-state index contributed by atoms with van der Waals surface area (Å²) in [5.74, 6) is -8.01. The summed E-state index contributed by atoms with van der Waals surface area (Å²) in [6, 6.07) is -5.98. The largest absolute Gasteiger partial charge is 0.481 e. The summed E-state index contributed by atoms with van der Waals surface area (Å²) in [4.78, 5) is 80.8. The summed E-state index contributed by atoms with van der Waals surface area (Å²) in [6.07, 6.45) is -2.15. The summed E-state index contributed by atoms with van der Waals surface area (Å²) >= 11 is 3.92. The van der Waals surface area contributed by atoms with Crippen LogP contribution in [0.3, 0.4) is 0 Å². The maximum Gasteiger partial charge on any atom is 0.326 e. The van der Waals surface area contributed by atoms with Gasteiger partial charge in [-0.3, -0.25) is 28.8 Å². The van der Waals surface area contributed by atoms with E-state index < -0.39 is 78.5 Å². The molecule has 0 rings (SSSR count). The normalized spacial score (nSPS) is 14.2. The predicted octanol–water partition coefficient (Wildman–Crippen LogP) is -4.60. The molecule has 0 aliphatic carbocycles. The molecule has 4 atom stereocenters. The maximum atomic E-state index is 12.5. The Balaban J connectivity index is 5.37. The monoisotopic (exact) mass is 478 g/mol. The third-order valence-corrected chi connectivity index (χ3v) is 4.24. The zero-order valence-corrected chi connectivity index (χ0v) is 17.7. The molecule has 0 saturated carbocycles. The second kappa shape index (κ2) is 13.8. The molecule has 15 nitrogen and oxygen atoms in total. The van der Waals surface area contributed by atoms with Gasteiger partial charge in [-0.2, -0.15) is 12.6 Å². The van der Waals surface area contributed by atoms with Crippen molar-refractivity contribution in [1.82, 2.24) is 16.0 Å². The Labute approximate surface area is 187 Å². The van der Waals surface area contributed by atoms with Crippen molar-refractivity contribution < 1.29 is 43.8 Å². The van der Waals surface area contributed by atoms with Crippen LogP contribution in [0.25, 0.3) is 0 Å². The first-order valence-corrected chi connectivity index (χ1v) is 9.70. The van der Waals surface area contributed by atoms with E-state index in [-0.39, 0.29) is 18.6 Å². The minimum atomic E-state index is -1.81. The lowest BCUT2D eigenvalue weighted by Crippen LogP contribution is -2.58. The van der Waals surface area contributed by atoms with E-state index in [0.29, 0.717) is 0 Å². The number of amides is 5. The zero-order valence-electron chi connectivity index (χ0n) is 16.8. The summed E-state index contributed by atoms with van der Waals surface area (Å²) in [7, 11) is 0. The summed E-state index contributed by atoms with van der Waals surface area (Å²) in [5.41, 5.74) is 15.5. The molecule has 32 heavy (non-hydrogen) atoms. The van der Waals surface area contributed by atoms with Crippen molar-refractivity contribution in [3.8, 4) is 0 Å². The lowest BCUT2D eigenvalue weighted by molar-refractivity contribution is -0.147. The van der Waals surface area contributed by atoms with E-state index in [0.717, 1.165) is 0 Å². The SMILES string of the molecule is NC(=O)CCC(NC(=O)C(CS)NC(=O)C(N)CC(N)=O)C(=O)NC(CC(=O)O)C(=O)O. The van der Waals surface area contributed by atoms with Gasteiger partial charge < -0.3 is 43.4 Å². The van der Waals surface area contributed by atoms with Crippen LogP contribution in [0, 0.1) is 0 Å². The van der Waals surface area contributed by atoms with Crippen LogP contribution in [0.4, 0.5) is 0 Å². The van der Waals surface area contributed by atoms with Gasteiger partial charge in [-0.05, 0) is 6.42 Å². The van der Waals surface area contributed by atoms with Crippen LogP contribution >= 0.6 is 12.6 Å². The Morgan fingerprint density at radius 2 is 1.25 bits per heavy atom. The highest BCUT2D eigenvalue weighted by atomic mass is 32.1. The minimum absolute atomic E-state index is 0.262. The van der Waals surface area contributed by atoms with Gasteiger partial charge in [-0.1, -0.05) is 0 Å². The van der Waals surface area contributed by atoms with Crippen molar-refractivity contribution in [3.05, 3.63) is 0 Å². The van der Waals surface area contributed by atoms with Gasteiger partial charge in [0.2, 0.25) is 29.5 Å². The molecule has 5 amide bonds. The molecule has 0 aromatic carbocycles. The van der Waals surface area contributed by atoms with Gasteiger partial charge in [0.1, 0.15) is 18.1 Å². The topological polar surface area (TPSA) is 274 Å². The molecule has 0 aromatic rings. The van der Waals surface area contributed by atoms with Crippen molar-refractivity contribution in [2.75, 3.05) is 5.75 Å². The molecular formula is C16H26N6O9S. The smallest absolute Gasteiger partial charge is 0.326 e. The molecule has 0 bridgehead atoms. The van der Waals surface area contributed by atoms with Gasteiger partial charge in [0, 0.05) is 12.2 Å². The van der Waals surface area contributed by atoms with E-state index in [1.54, 1.807) is 0 Å². The van der Waals surface area contributed by atoms with Crippen LogP contribution in [0.15, 0.2) is 0 Å². The van der Waals surface area contributed by atoms with E-state index in [2.05, 4.69) is 23.3 Å². The van der Waals surface area contributed by atoms with Gasteiger partial charge in [-0.15, -0.1) is 0 Å². The molecule has 0 fully saturated rings. The van der Waals surface area contributed by atoms with E-state index in [4.69, 9.17) is 27.4 Å². The van der Waals surface area contributed by atoms with Crippen molar-refractivity contribution in [2.24, 2.45) is 17.2 Å². The Kier molecular flexibility index (Phi) is 12.3. The van der Waals surface area contributed by atoms with Gasteiger partial charge in [0.15, 0.2) is 0 Å². The number of hydrogen-bond acceptors (Lipinski definition) is 9. The number of nitrogens with one attached hydrogen (secondary N) is 3. The fraction of sp³-hybridized carbons (Fsp3) is 0.562. The number of nitrogens with two attached hydrogens (primary N) is 3. The highest BCUT2D eigenvalue weighted by Gasteiger charge is 2.31. The maximum absolute atomic E-state index is 12.5. The number of hydrogen-bond donors (Lipinski definition) is 9. The summed E-state index contributed by atoms with van der Waals surface area (Å²) in [6.45, 7) is 0. The van der Waals surface area contributed by atoms with Gasteiger partial charge in [0.25, 0.3) is 0 Å². The molecule has 0 aromatic heterocycles. The van der Waals surface area contributed by atoms with E-state index in [1.807, 2.05) is 5.32 Å². The first kappa shape index (κ1) is 28.6. The highest BCUT2D eigenvalue weighted by Crippen LogP contribution is 2.03. The lowest BCUT2D eigenvalue weighted by atomic mass is 10.1. The van der Waals surface area contributed by atoms with E-state index in [9.17, 15) is 33.6 Å². The van der Waals surface area contributed by atoms with Gasteiger partial charge in [0.05, 0.1) is 18.9 Å². The second-order valence-corrected chi connectivity index (χ2v) is 6.95. The summed E-state index contributed by atoms with van der Waals surface area (Å²) < 4.78 is 0. The molecule has 0 heterocycles. The fourth-order valence-corrected chi connectivity index (χ4v) is 2.51. The first-order chi connectivity index (χ1) is 14.8. The third-order valence-electron chi connectivity index (χ3n) is 3.88. The Morgan fingerprint density at radius 1 is 0.750 bits per heavy atom. The third kappa shape index (κ3) is 11.1. The number of thiol groups is 1. The molecule has 4 unspecified atom stereocenters. The van der Waals surface area contributed by atoms with Gasteiger partial charge in [-0.25, -0.2) is 4.79 Å². The second-order valence-electron chi connectivity index (χ2n) is 6.58. The van der Waals surface area contributed by atoms with E-state index >= 15 is 0 Å². The molecule has 11 N–H and O–H groups in total. The Morgan fingerprint density at radius 3 is 1.69 bits per heavy atom. The molecule has 0 saturated heterocycles. The quantitative estimate of drug-likeness (QED) is 0.102. The van der Waals surface area contributed by atoms with Crippen molar-refractivity contribution in [3.63, 3.8) is 0 Å². The number of primary amides is 2. The van der Waals surface area contributed by atoms with Crippen LogP contribution in [-0.4, -0.2) is 81.6 Å². The minimum Gasteiger partial charge on any atom is -0.481 e. The van der Waals surface area contributed by atoms with Gasteiger partial charge >= 0.3 is 11.9 Å². The standard InChI is InChI=1S/C16H26N6O9S/c17-6(3-11(19)24)13(27)22-9(5-32)15(29)20-7(1-2-10(18)23)14(28)21-8(16(30)31)4-12(25)26/h6-9,32H,1-5,17H2,(H2,18,23)(H2,19,24)(H,20,29)(H,21,28)(H,22,27)(H,25,26)(H,30,31). The number of rotatable bonds is 15. The highest BCUT2D eigenvalue weighted by molar-refractivity contribution is 7.80. The first-order valence-electron chi connectivity index (χ1n) is 9.07. The molecule has 0 aliphatic heterocycles. The number of carboxylic acid groups (broad SMARTS) is 2. The number of carboxylic acids is 2. The molecule has 16 heteroatoms. The van der Waals surface area contributed by atoms with Crippen LogP contribution < -0.4 is 33.2 Å². The van der Waals surface area contributed by atoms with Crippen molar-refractivity contribution in [2.45, 2.75) is 49.9 Å². The number of carbonyl (C=O) groups is 7. The molecular weight excluding hydrogens is 452 g/mol. The molecule has 180 valence electrons. The Bertz CT molecular complexity index is 762. The predicted molar refractivity (Wildman–Crippen MR) is 110 cm³/mol. The zero-order chi connectivity index (χ0) is 25.0. The van der Waals surface area contributed by atoms with Crippen molar-refractivity contribution in [1.29, 1.82) is 0 Å². The average Bonchev–Trinajstić information content (AvgIpc) is 2.66. The Hall–Kier alpha value is -3.40. The molecule has 0 spiro atoms. The van der Waals surface area contributed by atoms with Crippen LogP contribution in [0.2, 0.25) is 0 Å². The van der Waals surface area contributed by atoms with Crippen LogP contribution in [-0.2, 0) is 33.6 Å². The number of carbonyl (C=O) groups excluding carboxylic acids is 5. The summed E-state index contributed by atoms with van der Waals surface area (Å²) in [5, 5.41) is 24.2. The molecule has 0 aliphatic rings. The van der Waals surface area contributed by atoms with E-state index in [1.165, 1.54) is 0 Å².